The molecular weight excluding hydrogens is 380 g/mol. The molecule has 1 saturated carbocycles. The lowest BCUT2D eigenvalue weighted by Gasteiger charge is -2.33. The van der Waals surface area contributed by atoms with Crippen LogP contribution in [0.1, 0.15) is 58.3 Å². The van der Waals surface area contributed by atoms with E-state index in [0.717, 1.165) is 55.0 Å². The number of nitrogens with zero attached hydrogens (tertiary/aromatic N) is 2. The number of amides is 4. The van der Waals surface area contributed by atoms with Gasteiger partial charge in [-0.3, -0.25) is 14.5 Å². The maximum absolute atomic E-state index is 13.0. The van der Waals surface area contributed by atoms with Crippen molar-refractivity contribution in [2.24, 2.45) is 5.92 Å². The summed E-state index contributed by atoms with van der Waals surface area (Å²) in [5, 5.41) is 5.82. The van der Waals surface area contributed by atoms with E-state index in [1.165, 1.54) is 12.8 Å². The van der Waals surface area contributed by atoms with Gasteiger partial charge in [0.15, 0.2) is 0 Å². The lowest BCUT2D eigenvalue weighted by Crippen LogP contribution is -2.49. The molecule has 2 saturated heterocycles. The number of hydrogen-bond donors (Lipinski definition) is 2. The highest BCUT2D eigenvalue weighted by Crippen LogP contribution is 2.36. The Labute approximate surface area is 178 Å². The molecule has 0 aromatic heterocycles. The summed E-state index contributed by atoms with van der Waals surface area (Å²) in [5.74, 6) is -0.0366. The van der Waals surface area contributed by atoms with E-state index in [2.05, 4.69) is 22.5 Å². The fraction of sp³-hybridized carbons (Fsp3) is 0.609. The smallest absolute Gasteiger partial charge is 0.325 e. The number of urea groups is 1. The number of benzene rings is 1. The van der Waals surface area contributed by atoms with E-state index >= 15 is 0 Å². The maximum Gasteiger partial charge on any atom is 0.325 e. The first-order valence-corrected chi connectivity index (χ1v) is 11.3. The van der Waals surface area contributed by atoms with Crippen LogP contribution in [0, 0.1) is 5.92 Å². The number of carbonyl (C=O) groups is 3. The fourth-order valence-electron chi connectivity index (χ4n) is 4.91. The van der Waals surface area contributed by atoms with Crippen molar-refractivity contribution in [1.82, 2.24) is 10.2 Å². The lowest BCUT2D eigenvalue weighted by molar-refractivity contribution is -0.135. The quantitative estimate of drug-likeness (QED) is 0.742. The number of hydrogen-bond acceptors (Lipinski definition) is 4. The summed E-state index contributed by atoms with van der Waals surface area (Å²) in [5.41, 5.74) is 0.925. The lowest BCUT2D eigenvalue weighted by atomic mass is 9.77. The van der Waals surface area contributed by atoms with Gasteiger partial charge in [-0.25, -0.2) is 4.79 Å². The molecule has 30 heavy (non-hydrogen) atoms. The van der Waals surface area contributed by atoms with E-state index in [1.807, 2.05) is 24.3 Å². The number of carbonyl (C=O) groups excluding carboxylic acids is 3. The number of nitrogens with one attached hydrogen (secondary N) is 2. The van der Waals surface area contributed by atoms with Gasteiger partial charge in [0.05, 0.1) is 11.4 Å². The molecule has 1 aromatic rings. The minimum atomic E-state index is -0.812. The molecule has 0 unspecified atom stereocenters. The van der Waals surface area contributed by atoms with Crippen LogP contribution < -0.4 is 15.5 Å². The second-order valence-corrected chi connectivity index (χ2v) is 9.05. The van der Waals surface area contributed by atoms with Crippen LogP contribution in [0.2, 0.25) is 0 Å². The minimum absolute atomic E-state index is 0.254. The Morgan fingerprint density at radius 3 is 2.47 bits per heavy atom. The van der Waals surface area contributed by atoms with E-state index in [0.29, 0.717) is 18.8 Å². The standard InChI is InChI=1S/C23H32N4O3/c1-17-10-12-23(13-11-17)21(29)27(22(30)25-23)16-20(28)24-18-8-4-5-9-19(18)26-14-6-2-3-7-15-26/h4-5,8-9,17H,2-3,6-7,10-16H2,1H3,(H,24,28)(H,25,30). The van der Waals surface area contributed by atoms with Gasteiger partial charge in [0.25, 0.3) is 5.91 Å². The van der Waals surface area contributed by atoms with Crippen molar-refractivity contribution in [3.05, 3.63) is 24.3 Å². The average molecular weight is 413 g/mol. The predicted molar refractivity (Wildman–Crippen MR) is 116 cm³/mol. The Bertz CT molecular complexity index is 808. The van der Waals surface area contributed by atoms with Gasteiger partial charge in [0.1, 0.15) is 12.1 Å². The van der Waals surface area contributed by atoms with Crippen LogP contribution in [0.4, 0.5) is 16.2 Å². The molecule has 0 atom stereocenters. The third-order valence-corrected chi connectivity index (χ3v) is 6.80. The van der Waals surface area contributed by atoms with Crippen molar-refractivity contribution in [2.45, 2.75) is 63.8 Å². The maximum atomic E-state index is 13.0. The summed E-state index contributed by atoms with van der Waals surface area (Å²) >= 11 is 0. The van der Waals surface area contributed by atoms with Gasteiger partial charge in [-0.2, -0.15) is 0 Å². The molecule has 2 heterocycles. The molecule has 0 radical (unpaired) electrons. The van der Waals surface area contributed by atoms with Crippen LogP contribution in [-0.4, -0.2) is 47.9 Å². The highest BCUT2D eigenvalue weighted by molar-refractivity contribution is 6.10. The van der Waals surface area contributed by atoms with Crippen molar-refractivity contribution in [3.63, 3.8) is 0 Å². The van der Waals surface area contributed by atoms with E-state index < -0.39 is 11.6 Å². The van der Waals surface area contributed by atoms with Gasteiger partial charge in [0, 0.05) is 13.1 Å². The Hall–Kier alpha value is -2.57. The monoisotopic (exact) mass is 412 g/mol. The van der Waals surface area contributed by atoms with Crippen LogP contribution in [-0.2, 0) is 9.59 Å². The van der Waals surface area contributed by atoms with Gasteiger partial charge in [-0.15, -0.1) is 0 Å². The molecule has 3 aliphatic rings. The molecule has 2 N–H and O–H groups in total. The molecule has 4 amide bonds. The van der Waals surface area contributed by atoms with Crippen molar-refractivity contribution < 1.29 is 14.4 Å². The zero-order valence-electron chi connectivity index (χ0n) is 17.8. The normalized spacial score (nSPS) is 27.2. The number of imide groups is 1. The summed E-state index contributed by atoms with van der Waals surface area (Å²) in [4.78, 5) is 41.7. The molecule has 162 valence electrons. The van der Waals surface area contributed by atoms with Gasteiger partial charge < -0.3 is 15.5 Å². The Kier molecular flexibility index (Phi) is 5.97. The van der Waals surface area contributed by atoms with Gasteiger partial charge >= 0.3 is 6.03 Å². The molecule has 1 spiro atoms. The van der Waals surface area contributed by atoms with Crippen molar-refractivity contribution in [2.75, 3.05) is 29.9 Å². The largest absolute Gasteiger partial charge is 0.370 e. The molecule has 3 fully saturated rings. The zero-order valence-corrected chi connectivity index (χ0v) is 17.8. The average Bonchev–Trinajstić information content (AvgIpc) is 2.93. The van der Waals surface area contributed by atoms with Crippen LogP contribution in [0.25, 0.3) is 0 Å². The van der Waals surface area contributed by atoms with Crippen LogP contribution in [0.15, 0.2) is 24.3 Å². The van der Waals surface area contributed by atoms with E-state index in [-0.39, 0.29) is 18.4 Å². The van der Waals surface area contributed by atoms with E-state index in [4.69, 9.17) is 0 Å². The predicted octanol–water partition coefficient (Wildman–Crippen LogP) is 3.51. The second-order valence-electron chi connectivity index (χ2n) is 9.05. The molecule has 0 bridgehead atoms. The van der Waals surface area contributed by atoms with Gasteiger partial charge in [-0.05, 0) is 56.6 Å². The highest BCUT2D eigenvalue weighted by atomic mass is 16.2. The minimum Gasteiger partial charge on any atom is -0.370 e. The van der Waals surface area contributed by atoms with Crippen molar-refractivity contribution in [1.29, 1.82) is 0 Å². The molecule has 2 aliphatic heterocycles. The summed E-state index contributed by atoms with van der Waals surface area (Å²) < 4.78 is 0. The first-order chi connectivity index (χ1) is 14.5. The number of rotatable bonds is 4. The Morgan fingerprint density at radius 1 is 1.10 bits per heavy atom. The van der Waals surface area contributed by atoms with Gasteiger partial charge in [0.2, 0.25) is 5.91 Å². The van der Waals surface area contributed by atoms with Gasteiger partial charge in [-0.1, -0.05) is 31.9 Å². The second kappa shape index (κ2) is 8.66. The zero-order chi connectivity index (χ0) is 21.1. The Morgan fingerprint density at radius 2 is 1.77 bits per heavy atom. The first-order valence-electron chi connectivity index (χ1n) is 11.3. The highest BCUT2D eigenvalue weighted by Gasteiger charge is 2.52. The molecule has 1 aliphatic carbocycles. The molecular formula is C23H32N4O3. The topological polar surface area (TPSA) is 81.8 Å². The van der Waals surface area contributed by atoms with Crippen LogP contribution in [0.5, 0.6) is 0 Å². The van der Waals surface area contributed by atoms with Crippen LogP contribution >= 0.6 is 0 Å². The van der Waals surface area contributed by atoms with Crippen molar-refractivity contribution >= 4 is 29.2 Å². The fourth-order valence-corrected chi connectivity index (χ4v) is 4.91. The summed E-state index contributed by atoms with van der Waals surface area (Å²) in [6, 6.07) is 7.32. The molecule has 7 heteroatoms. The number of para-hydroxylation sites is 2. The molecule has 7 nitrogen and oxygen atoms in total. The molecule has 4 rings (SSSR count). The summed E-state index contributed by atoms with van der Waals surface area (Å²) in [6.45, 7) is 3.86. The molecule has 1 aromatic carbocycles. The van der Waals surface area contributed by atoms with E-state index in [1.54, 1.807) is 0 Å². The van der Waals surface area contributed by atoms with Crippen LogP contribution in [0.3, 0.4) is 0 Å². The third-order valence-electron chi connectivity index (χ3n) is 6.80. The first kappa shape index (κ1) is 20.7. The third kappa shape index (κ3) is 4.16. The SMILES string of the molecule is CC1CCC2(CC1)NC(=O)N(CC(=O)Nc1ccccc1N1CCCCCC1)C2=O. The van der Waals surface area contributed by atoms with E-state index in [9.17, 15) is 14.4 Å². The summed E-state index contributed by atoms with van der Waals surface area (Å²) in [7, 11) is 0. The number of anilines is 2. The summed E-state index contributed by atoms with van der Waals surface area (Å²) in [6.07, 6.45) is 7.88. The Balaban J connectivity index is 1.43. The van der Waals surface area contributed by atoms with Crippen molar-refractivity contribution in [3.8, 4) is 0 Å².